The van der Waals surface area contributed by atoms with Crippen LogP contribution in [0.1, 0.15) is 1.43 Å². The van der Waals surface area contributed by atoms with Crippen LogP contribution in [-0.2, 0) is 14.3 Å². The molecule has 114 valence electrons. The van der Waals surface area contributed by atoms with E-state index in [1.807, 2.05) is 28.7 Å². The molecule has 19 heavy (non-hydrogen) atoms. The van der Waals surface area contributed by atoms with Crippen LogP contribution < -0.4 is 0 Å². The molecule has 1 rings (SSSR count). The van der Waals surface area contributed by atoms with Crippen molar-refractivity contribution in [3.63, 3.8) is 0 Å². The molecule has 0 aromatic heterocycles. The zero-order valence-electron chi connectivity index (χ0n) is 10.0. The van der Waals surface area contributed by atoms with Crippen molar-refractivity contribution in [3.8, 4) is 0 Å². The van der Waals surface area contributed by atoms with E-state index in [0.29, 0.717) is 0 Å². The monoisotopic (exact) mass is 444 g/mol. The summed E-state index contributed by atoms with van der Waals surface area (Å²) in [5, 5.41) is 0. The Morgan fingerprint density at radius 2 is 1.58 bits per heavy atom. The smallest absolute Gasteiger partial charge is 1.00 e. The van der Waals surface area contributed by atoms with Crippen LogP contribution in [0.2, 0.25) is 0 Å². The Morgan fingerprint density at radius 3 is 1.89 bits per heavy atom. The molecule has 0 amide bonds. The second kappa shape index (κ2) is 5.01. The van der Waals surface area contributed by atoms with Crippen molar-refractivity contribution in [1.82, 2.24) is 0 Å². The molecular weight excluding hydrogens is 436 g/mol. The zero-order valence-corrected chi connectivity index (χ0v) is 12.9. The maximum absolute atomic E-state index is 11.1. The SMILES string of the molecule is COS(=O)(=O)c1cccc(I)c1.F[P-](F)(F)(F)(F)F.[H+]. The van der Waals surface area contributed by atoms with Gasteiger partial charge in [-0.2, -0.15) is 8.42 Å². The third-order valence-electron chi connectivity index (χ3n) is 1.30. The van der Waals surface area contributed by atoms with Gasteiger partial charge in [-0.3, -0.25) is 4.18 Å². The van der Waals surface area contributed by atoms with E-state index in [9.17, 15) is 33.6 Å². The van der Waals surface area contributed by atoms with E-state index in [2.05, 4.69) is 4.18 Å². The van der Waals surface area contributed by atoms with Gasteiger partial charge in [0.2, 0.25) is 0 Å². The first-order valence-electron chi connectivity index (χ1n) is 4.14. The molecule has 0 radical (unpaired) electrons. The molecule has 0 bridgehead atoms. The van der Waals surface area contributed by atoms with Crippen LogP contribution in [-0.4, -0.2) is 15.5 Å². The van der Waals surface area contributed by atoms with Crippen LogP contribution in [0, 0.1) is 3.57 Å². The maximum Gasteiger partial charge on any atom is 1.00 e. The Bertz CT molecular complexity index is 549. The molecule has 0 unspecified atom stereocenters. The Hall–Kier alpha value is -0.130. The van der Waals surface area contributed by atoms with Gasteiger partial charge in [-0.15, -0.1) is 0 Å². The third kappa shape index (κ3) is 12.6. The molecule has 12 heteroatoms. The summed E-state index contributed by atoms with van der Waals surface area (Å²) in [5.41, 5.74) is 0. The Morgan fingerprint density at radius 1 is 1.16 bits per heavy atom. The van der Waals surface area contributed by atoms with Gasteiger partial charge in [-0.1, -0.05) is 6.07 Å². The predicted molar refractivity (Wildman–Crippen MR) is 68.0 cm³/mol. The van der Waals surface area contributed by atoms with Crippen molar-refractivity contribution in [2.24, 2.45) is 0 Å². The predicted octanol–water partition coefficient (Wildman–Crippen LogP) is 5.12. The molecule has 0 N–H and O–H groups in total. The van der Waals surface area contributed by atoms with E-state index in [0.717, 1.165) is 10.7 Å². The molecule has 0 heterocycles. The van der Waals surface area contributed by atoms with Crippen LogP contribution in [0.15, 0.2) is 29.2 Å². The fraction of sp³-hybridized carbons (Fsp3) is 0.143. The van der Waals surface area contributed by atoms with Gasteiger partial charge in [0.15, 0.2) is 0 Å². The van der Waals surface area contributed by atoms with Crippen LogP contribution in [0.3, 0.4) is 0 Å². The van der Waals surface area contributed by atoms with Gasteiger partial charge in [-0.05, 0) is 40.8 Å². The minimum Gasteiger partial charge on any atom is 1.00 e. The van der Waals surface area contributed by atoms with E-state index >= 15 is 0 Å². The van der Waals surface area contributed by atoms with Crippen molar-refractivity contribution in [2.75, 3.05) is 7.11 Å². The summed E-state index contributed by atoms with van der Waals surface area (Å²) in [7, 11) is -13.0. The molecule has 1 aromatic rings. The van der Waals surface area contributed by atoms with Crippen molar-refractivity contribution >= 4 is 40.5 Å². The van der Waals surface area contributed by atoms with Gasteiger partial charge in [-0.25, -0.2) is 0 Å². The summed E-state index contributed by atoms with van der Waals surface area (Å²) in [6, 6.07) is 6.54. The van der Waals surface area contributed by atoms with Gasteiger partial charge in [0.1, 0.15) is 0 Å². The Kier molecular flexibility index (Phi) is 4.97. The Labute approximate surface area is 119 Å². The van der Waals surface area contributed by atoms with Gasteiger partial charge in [0, 0.05) is 3.57 Å². The summed E-state index contributed by atoms with van der Waals surface area (Å²) in [5.74, 6) is 0. The molecule has 0 saturated carbocycles. The quantitative estimate of drug-likeness (QED) is 0.275. The van der Waals surface area contributed by atoms with Crippen molar-refractivity contribution in [3.05, 3.63) is 27.8 Å². The summed E-state index contributed by atoms with van der Waals surface area (Å²) in [6.45, 7) is 0. The molecule has 0 aliphatic heterocycles. The van der Waals surface area contributed by atoms with Gasteiger partial charge < -0.3 is 0 Å². The van der Waals surface area contributed by atoms with Crippen molar-refractivity contribution in [2.45, 2.75) is 4.90 Å². The summed E-state index contributed by atoms with van der Waals surface area (Å²) in [4.78, 5) is 0.192. The zero-order chi connectivity index (χ0) is 15.6. The molecular formula is C7H8F6IO3PS. The number of hydrogen-bond donors (Lipinski definition) is 0. The molecule has 0 aliphatic rings. The number of rotatable bonds is 2. The Balaban J connectivity index is 0. The molecule has 0 spiro atoms. The van der Waals surface area contributed by atoms with Crippen LogP contribution >= 0.6 is 30.4 Å². The summed E-state index contributed by atoms with van der Waals surface area (Å²) < 4.78 is 86.7. The minimum atomic E-state index is -10.7. The number of halogens is 7. The second-order valence-corrected chi connectivity index (χ2v) is 7.91. The van der Waals surface area contributed by atoms with E-state index in [1.54, 1.807) is 12.1 Å². The molecule has 0 fully saturated rings. The molecule has 0 atom stereocenters. The van der Waals surface area contributed by atoms with E-state index in [-0.39, 0.29) is 6.32 Å². The molecule has 1 aromatic carbocycles. The standard InChI is InChI=1S/C7H7IO3S.F6P/c1-11-12(9,10)7-4-2-3-6(8)5-7;1-7(2,3,4,5)6/h2-5H,1H3;/q;-1/p+1. The fourth-order valence-corrected chi connectivity index (χ4v) is 2.18. The van der Waals surface area contributed by atoms with Gasteiger partial charge >= 0.3 is 34.4 Å². The van der Waals surface area contributed by atoms with Crippen LogP contribution in [0.5, 0.6) is 0 Å². The fourth-order valence-electron chi connectivity index (χ4n) is 0.719. The number of benzene rings is 1. The normalized spacial score (nSPS) is 15.8. The molecule has 3 nitrogen and oxygen atoms in total. The average molecular weight is 444 g/mol. The van der Waals surface area contributed by atoms with Gasteiger partial charge in [0.05, 0.1) is 12.0 Å². The first-order chi connectivity index (χ1) is 8.01. The summed E-state index contributed by atoms with van der Waals surface area (Å²) >= 11 is 2.04. The maximum atomic E-state index is 11.1. The van der Waals surface area contributed by atoms with Crippen LogP contribution in [0.25, 0.3) is 0 Å². The van der Waals surface area contributed by atoms with Gasteiger partial charge in [0.25, 0.3) is 10.1 Å². The molecule has 0 aliphatic carbocycles. The van der Waals surface area contributed by atoms with Crippen LogP contribution in [0.4, 0.5) is 25.2 Å². The molecule has 0 saturated heterocycles. The van der Waals surface area contributed by atoms with E-state index < -0.39 is 17.9 Å². The number of hydrogen-bond acceptors (Lipinski definition) is 3. The topological polar surface area (TPSA) is 43.4 Å². The summed E-state index contributed by atoms with van der Waals surface area (Å²) in [6.07, 6.45) is 0. The minimum absolute atomic E-state index is 0. The van der Waals surface area contributed by atoms with Crippen molar-refractivity contribution < 1.29 is 39.2 Å². The third-order valence-corrected chi connectivity index (χ3v) is 3.25. The second-order valence-electron chi connectivity index (χ2n) is 3.04. The first kappa shape index (κ1) is 18.9. The van der Waals surface area contributed by atoms with E-state index in [1.165, 1.54) is 6.07 Å². The largest absolute Gasteiger partial charge is 1.00 e. The van der Waals surface area contributed by atoms with E-state index in [4.69, 9.17) is 0 Å². The average Bonchev–Trinajstić information content (AvgIpc) is 2.13. The van der Waals surface area contributed by atoms with Crippen molar-refractivity contribution in [1.29, 1.82) is 0 Å². The first-order valence-corrected chi connectivity index (χ1v) is 8.65.